The van der Waals surface area contributed by atoms with Crippen LogP contribution in [0.2, 0.25) is 0 Å². The van der Waals surface area contributed by atoms with Crippen molar-refractivity contribution in [2.75, 3.05) is 0 Å². The molecule has 0 saturated heterocycles. The minimum absolute atomic E-state index is 0.402. The van der Waals surface area contributed by atoms with Crippen LogP contribution in [0.3, 0.4) is 0 Å². The highest BCUT2D eigenvalue weighted by atomic mass is 32.2. The average molecular weight is 205 g/mol. The molecule has 0 rings (SSSR count). The molecule has 0 aliphatic rings. The van der Waals surface area contributed by atoms with Gasteiger partial charge < -0.3 is 10.8 Å². The van der Waals surface area contributed by atoms with E-state index in [0.717, 1.165) is 6.42 Å². The first kappa shape index (κ1) is 12.8. The van der Waals surface area contributed by atoms with Gasteiger partial charge in [-0.25, -0.2) is 0 Å². The van der Waals surface area contributed by atoms with E-state index in [4.69, 9.17) is 10.8 Å². The quantitative estimate of drug-likeness (QED) is 0.717. The molecular formula is C9H19NO2S. The maximum atomic E-state index is 10.7. The molecule has 0 aromatic heterocycles. The summed E-state index contributed by atoms with van der Waals surface area (Å²) >= 11 is 1.63. The summed E-state index contributed by atoms with van der Waals surface area (Å²) in [7, 11) is 0. The zero-order chi connectivity index (χ0) is 10.6. The van der Waals surface area contributed by atoms with Crippen molar-refractivity contribution in [3.63, 3.8) is 0 Å². The van der Waals surface area contributed by atoms with E-state index in [-0.39, 0.29) is 0 Å². The second kappa shape index (κ2) is 4.86. The molecular weight excluding hydrogens is 186 g/mol. The third kappa shape index (κ3) is 4.00. The van der Waals surface area contributed by atoms with Gasteiger partial charge in [-0.15, -0.1) is 0 Å². The van der Waals surface area contributed by atoms with Crippen molar-refractivity contribution in [1.82, 2.24) is 0 Å². The molecule has 4 heteroatoms. The lowest BCUT2D eigenvalue weighted by Crippen LogP contribution is -2.47. The Morgan fingerprint density at radius 1 is 1.62 bits per heavy atom. The lowest BCUT2D eigenvalue weighted by Gasteiger charge is -2.30. The topological polar surface area (TPSA) is 63.3 Å². The van der Waals surface area contributed by atoms with Crippen molar-refractivity contribution >= 4 is 17.7 Å². The summed E-state index contributed by atoms with van der Waals surface area (Å²) < 4.78 is -0.402. The van der Waals surface area contributed by atoms with Gasteiger partial charge in [-0.05, 0) is 20.3 Å². The first-order valence-corrected chi connectivity index (χ1v) is 5.35. The van der Waals surface area contributed by atoms with Gasteiger partial charge in [0.1, 0.15) is 6.04 Å². The Labute approximate surface area is 84.1 Å². The van der Waals surface area contributed by atoms with Gasteiger partial charge in [-0.3, -0.25) is 4.79 Å². The van der Waals surface area contributed by atoms with E-state index in [0.29, 0.717) is 5.25 Å². The molecule has 0 aromatic carbocycles. The minimum Gasteiger partial charge on any atom is -0.480 e. The summed E-state index contributed by atoms with van der Waals surface area (Å²) in [5.41, 5.74) is 5.58. The highest BCUT2D eigenvalue weighted by Gasteiger charge is 2.33. The van der Waals surface area contributed by atoms with Crippen LogP contribution >= 0.6 is 11.8 Å². The first-order chi connectivity index (χ1) is 5.81. The van der Waals surface area contributed by atoms with E-state index in [2.05, 4.69) is 13.8 Å². The largest absolute Gasteiger partial charge is 0.480 e. The predicted octanol–water partition coefficient (Wildman–Crippen LogP) is 1.71. The number of aliphatic carboxylic acids is 1. The van der Waals surface area contributed by atoms with Crippen molar-refractivity contribution in [2.45, 2.75) is 50.2 Å². The number of rotatable bonds is 5. The van der Waals surface area contributed by atoms with E-state index in [1.165, 1.54) is 0 Å². The van der Waals surface area contributed by atoms with E-state index < -0.39 is 16.8 Å². The molecule has 2 unspecified atom stereocenters. The third-order valence-corrected chi connectivity index (χ3v) is 3.69. The lowest BCUT2D eigenvalue weighted by molar-refractivity contribution is -0.139. The second-order valence-corrected chi connectivity index (χ2v) is 5.85. The summed E-state index contributed by atoms with van der Waals surface area (Å²) in [6.07, 6.45) is 1.03. The molecule has 3 N–H and O–H groups in total. The van der Waals surface area contributed by atoms with E-state index in [1.54, 1.807) is 11.8 Å². The van der Waals surface area contributed by atoms with Crippen LogP contribution in [0.25, 0.3) is 0 Å². The number of carboxylic acids is 1. The second-order valence-electron chi connectivity index (χ2n) is 3.76. The van der Waals surface area contributed by atoms with Crippen molar-refractivity contribution in [2.24, 2.45) is 5.73 Å². The van der Waals surface area contributed by atoms with Gasteiger partial charge in [-0.2, -0.15) is 11.8 Å². The SMILES string of the molecule is CCC(C)SC(C)(C)C(N)C(=O)O. The fourth-order valence-electron chi connectivity index (χ4n) is 0.973. The Balaban J connectivity index is 4.29. The molecule has 0 radical (unpaired) electrons. The normalized spacial score (nSPS) is 16.7. The van der Waals surface area contributed by atoms with Crippen LogP contribution in [0.4, 0.5) is 0 Å². The summed E-state index contributed by atoms with van der Waals surface area (Å²) in [4.78, 5) is 10.7. The van der Waals surface area contributed by atoms with Crippen molar-refractivity contribution < 1.29 is 9.90 Å². The van der Waals surface area contributed by atoms with Crippen LogP contribution in [0.1, 0.15) is 34.1 Å². The van der Waals surface area contributed by atoms with Gasteiger partial charge in [0, 0.05) is 10.00 Å². The summed E-state index contributed by atoms with van der Waals surface area (Å²) in [6, 6.07) is -0.800. The molecule has 2 atom stereocenters. The van der Waals surface area contributed by atoms with Crippen LogP contribution in [-0.2, 0) is 4.79 Å². The molecule has 0 heterocycles. The van der Waals surface area contributed by atoms with Gasteiger partial charge >= 0.3 is 5.97 Å². The Morgan fingerprint density at radius 3 is 2.38 bits per heavy atom. The van der Waals surface area contributed by atoms with Gasteiger partial charge in [0.05, 0.1) is 0 Å². The highest BCUT2D eigenvalue weighted by Crippen LogP contribution is 2.32. The number of hydrogen-bond donors (Lipinski definition) is 2. The molecule has 0 aliphatic carbocycles. The summed E-state index contributed by atoms with van der Waals surface area (Å²) in [6.45, 7) is 7.92. The zero-order valence-electron chi connectivity index (χ0n) is 8.70. The predicted molar refractivity (Wildman–Crippen MR) is 57.0 cm³/mol. The Hall–Kier alpha value is -0.220. The molecule has 0 amide bonds. The number of thioether (sulfide) groups is 1. The van der Waals surface area contributed by atoms with Gasteiger partial charge in [0.15, 0.2) is 0 Å². The van der Waals surface area contributed by atoms with Gasteiger partial charge in [0.2, 0.25) is 0 Å². The molecule has 3 nitrogen and oxygen atoms in total. The van der Waals surface area contributed by atoms with Crippen LogP contribution < -0.4 is 5.73 Å². The highest BCUT2D eigenvalue weighted by molar-refractivity contribution is 8.01. The van der Waals surface area contributed by atoms with Crippen LogP contribution in [-0.4, -0.2) is 27.1 Å². The van der Waals surface area contributed by atoms with Crippen LogP contribution in [0, 0.1) is 0 Å². The number of carbonyl (C=O) groups is 1. The summed E-state index contributed by atoms with van der Waals surface area (Å²) in [5.74, 6) is -0.930. The maximum Gasteiger partial charge on any atom is 0.321 e. The van der Waals surface area contributed by atoms with E-state index in [1.807, 2.05) is 13.8 Å². The van der Waals surface area contributed by atoms with Crippen molar-refractivity contribution in [3.05, 3.63) is 0 Å². The van der Waals surface area contributed by atoms with Crippen LogP contribution in [0.5, 0.6) is 0 Å². The molecule has 0 aliphatic heterocycles. The number of hydrogen-bond acceptors (Lipinski definition) is 3. The van der Waals surface area contributed by atoms with Crippen LogP contribution in [0.15, 0.2) is 0 Å². The minimum atomic E-state index is -0.930. The number of carboxylic acid groups (broad SMARTS) is 1. The van der Waals surface area contributed by atoms with Crippen molar-refractivity contribution in [3.8, 4) is 0 Å². The van der Waals surface area contributed by atoms with Gasteiger partial charge in [-0.1, -0.05) is 13.8 Å². The molecule has 0 saturated carbocycles. The number of nitrogens with two attached hydrogens (primary N) is 1. The van der Waals surface area contributed by atoms with E-state index >= 15 is 0 Å². The molecule has 78 valence electrons. The Kier molecular flexibility index (Phi) is 4.78. The standard InChI is InChI=1S/C9H19NO2S/c1-5-6(2)13-9(3,4)7(10)8(11)12/h6-7H,5,10H2,1-4H3,(H,11,12). The molecule has 13 heavy (non-hydrogen) atoms. The Bertz CT molecular complexity index is 182. The zero-order valence-corrected chi connectivity index (χ0v) is 9.52. The molecule has 0 aromatic rings. The lowest BCUT2D eigenvalue weighted by atomic mass is 10.1. The monoisotopic (exact) mass is 205 g/mol. The Morgan fingerprint density at radius 2 is 2.08 bits per heavy atom. The molecule has 0 spiro atoms. The van der Waals surface area contributed by atoms with E-state index in [9.17, 15) is 4.79 Å². The summed E-state index contributed by atoms with van der Waals surface area (Å²) in [5, 5.41) is 9.21. The van der Waals surface area contributed by atoms with Gasteiger partial charge in [0.25, 0.3) is 0 Å². The maximum absolute atomic E-state index is 10.7. The third-order valence-electron chi connectivity index (χ3n) is 2.09. The molecule has 0 bridgehead atoms. The smallest absolute Gasteiger partial charge is 0.321 e. The fourth-order valence-corrected chi connectivity index (χ4v) is 2.42. The van der Waals surface area contributed by atoms with Crippen molar-refractivity contribution in [1.29, 1.82) is 0 Å². The average Bonchev–Trinajstić information content (AvgIpc) is 2.01. The molecule has 0 fully saturated rings. The fraction of sp³-hybridized carbons (Fsp3) is 0.889. The first-order valence-electron chi connectivity index (χ1n) is 4.47.